The van der Waals surface area contributed by atoms with Gasteiger partial charge in [-0.3, -0.25) is 19.4 Å². The number of hydrogen-bond donors (Lipinski definition) is 3. The van der Waals surface area contributed by atoms with Gasteiger partial charge < -0.3 is 29.8 Å². The van der Waals surface area contributed by atoms with Crippen molar-refractivity contribution in [2.45, 2.75) is 45.7 Å². The highest BCUT2D eigenvalue weighted by Gasteiger charge is 2.22. The molecule has 3 N–H and O–H groups in total. The molecule has 1 unspecified atom stereocenters. The van der Waals surface area contributed by atoms with Gasteiger partial charge in [-0.25, -0.2) is 4.79 Å². The van der Waals surface area contributed by atoms with Crippen LogP contribution in [0.5, 0.6) is 0 Å². The van der Waals surface area contributed by atoms with Crippen molar-refractivity contribution in [2.24, 2.45) is 5.92 Å². The molecule has 0 saturated heterocycles. The standard InChI is InChI=1S/C28H36N6O5/c1-18(2)15-23-25-19(12-13-29-23)16-20(30-25)17-34-14-8-10-22(27(34)37)31-26(36)21(32-28(38)39-5)9-6-7-11-24(35)33(3)4/h7-8,10-14,16,18,21,30H,6,9,15,17H2,1-5H3,(H,31,36)(H,32,38)/b11-7+. The molecule has 39 heavy (non-hydrogen) atoms. The molecular weight excluding hydrogens is 500 g/mol. The van der Waals surface area contributed by atoms with Crippen molar-refractivity contribution in [1.82, 2.24) is 24.8 Å². The van der Waals surface area contributed by atoms with E-state index in [1.54, 1.807) is 38.6 Å². The van der Waals surface area contributed by atoms with Crippen molar-refractivity contribution in [3.63, 3.8) is 0 Å². The van der Waals surface area contributed by atoms with Crippen LogP contribution in [0.4, 0.5) is 10.5 Å². The first-order valence-corrected chi connectivity index (χ1v) is 12.8. The van der Waals surface area contributed by atoms with Gasteiger partial charge in [0.15, 0.2) is 0 Å². The highest BCUT2D eigenvalue weighted by atomic mass is 16.5. The fourth-order valence-corrected chi connectivity index (χ4v) is 4.02. The number of alkyl carbamates (subject to hydrolysis) is 1. The fraction of sp³-hybridized carbons (Fsp3) is 0.393. The third-order valence-corrected chi connectivity index (χ3v) is 6.01. The molecule has 208 valence electrons. The van der Waals surface area contributed by atoms with Gasteiger partial charge in [0.25, 0.3) is 5.56 Å². The highest BCUT2D eigenvalue weighted by molar-refractivity contribution is 5.96. The number of H-pyrrole nitrogens is 1. The molecule has 11 heteroatoms. The van der Waals surface area contributed by atoms with Crippen LogP contribution in [0.2, 0.25) is 0 Å². The van der Waals surface area contributed by atoms with Gasteiger partial charge in [-0.05, 0) is 55.5 Å². The number of rotatable bonds is 11. The second-order valence-corrected chi connectivity index (χ2v) is 9.86. The summed E-state index contributed by atoms with van der Waals surface area (Å²) in [5.41, 5.74) is 2.45. The van der Waals surface area contributed by atoms with Crippen LogP contribution in [0.15, 0.2) is 53.6 Å². The number of nitrogens with one attached hydrogen (secondary N) is 3. The number of methoxy groups -OCH3 is 1. The van der Waals surface area contributed by atoms with Crippen LogP contribution in [0, 0.1) is 5.92 Å². The van der Waals surface area contributed by atoms with Crippen LogP contribution in [-0.4, -0.2) is 64.6 Å². The Morgan fingerprint density at radius 2 is 2.00 bits per heavy atom. The van der Waals surface area contributed by atoms with E-state index in [0.29, 0.717) is 12.3 Å². The fourth-order valence-electron chi connectivity index (χ4n) is 4.02. The quantitative estimate of drug-likeness (QED) is 0.322. The minimum atomic E-state index is -0.981. The number of aromatic amines is 1. The van der Waals surface area contributed by atoms with E-state index in [4.69, 9.17) is 0 Å². The SMILES string of the molecule is COC(=O)NC(CC/C=C/C(=O)N(C)C)C(=O)Nc1cccn(Cc2cc3ccnc(CC(C)C)c3[nH]2)c1=O. The zero-order chi connectivity index (χ0) is 28.5. The molecule has 3 amide bonds. The number of ether oxygens (including phenoxy) is 1. The number of allylic oxidation sites excluding steroid dienone is 1. The van der Waals surface area contributed by atoms with Gasteiger partial charge in [0, 0.05) is 37.6 Å². The number of carbonyl (C=O) groups is 3. The molecule has 3 rings (SSSR count). The molecule has 0 aliphatic heterocycles. The van der Waals surface area contributed by atoms with E-state index < -0.39 is 23.6 Å². The highest BCUT2D eigenvalue weighted by Crippen LogP contribution is 2.20. The molecule has 3 aromatic heterocycles. The van der Waals surface area contributed by atoms with Gasteiger partial charge in [-0.1, -0.05) is 19.9 Å². The number of nitrogens with zero attached hydrogens (tertiary/aromatic N) is 3. The van der Waals surface area contributed by atoms with Crippen molar-refractivity contribution in [3.8, 4) is 0 Å². The Hall–Kier alpha value is -4.41. The molecule has 0 bridgehead atoms. The number of fused-ring (bicyclic) bond motifs is 1. The summed E-state index contributed by atoms with van der Waals surface area (Å²) in [6, 6.07) is 6.12. The van der Waals surface area contributed by atoms with E-state index in [1.807, 2.05) is 12.1 Å². The smallest absolute Gasteiger partial charge is 0.407 e. The molecular formula is C28H36N6O5. The van der Waals surface area contributed by atoms with Crippen LogP contribution in [-0.2, 0) is 27.3 Å². The number of pyridine rings is 2. The number of aromatic nitrogens is 3. The molecule has 0 aromatic carbocycles. The lowest BCUT2D eigenvalue weighted by Crippen LogP contribution is -2.44. The maximum Gasteiger partial charge on any atom is 0.407 e. The summed E-state index contributed by atoms with van der Waals surface area (Å²) in [4.78, 5) is 59.1. The number of amides is 3. The van der Waals surface area contributed by atoms with Gasteiger partial charge in [0.05, 0.1) is 24.9 Å². The first kappa shape index (κ1) is 29.2. The zero-order valence-corrected chi connectivity index (χ0v) is 23.0. The molecule has 0 aliphatic rings. The average molecular weight is 537 g/mol. The van der Waals surface area contributed by atoms with E-state index in [-0.39, 0.29) is 24.6 Å². The van der Waals surface area contributed by atoms with Crippen LogP contribution < -0.4 is 16.2 Å². The molecule has 1 atom stereocenters. The third kappa shape index (κ3) is 8.03. The Balaban J connectivity index is 1.75. The molecule has 11 nitrogen and oxygen atoms in total. The summed E-state index contributed by atoms with van der Waals surface area (Å²) in [5.74, 6) is -0.312. The van der Waals surface area contributed by atoms with Gasteiger partial charge in [0.1, 0.15) is 11.7 Å². The average Bonchev–Trinajstić information content (AvgIpc) is 3.31. The minimum absolute atomic E-state index is 0.0794. The van der Waals surface area contributed by atoms with Crippen molar-refractivity contribution in [3.05, 3.63) is 70.6 Å². The van der Waals surface area contributed by atoms with Crippen LogP contribution in [0.1, 0.15) is 38.1 Å². The molecule has 3 heterocycles. The minimum Gasteiger partial charge on any atom is -0.453 e. The summed E-state index contributed by atoms with van der Waals surface area (Å²) in [6.45, 7) is 4.54. The van der Waals surface area contributed by atoms with Gasteiger partial charge in [0.2, 0.25) is 11.8 Å². The topological polar surface area (TPSA) is 138 Å². The second-order valence-electron chi connectivity index (χ2n) is 9.86. The third-order valence-electron chi connectivity index (χ3n) is 6.01. The van der Waals surface area contributed by atoms with Crippen molar-refractivity contribution < 1.29 is 19.1 Å². The van der Waals surface area contributed by atoms with E-state index in [9.17, 15) is 19.2 Å². The molecule has 0 radical (unpaired) electrons. The summed E-state index contributed by atoms with van der Waals surface area (Å²) in [7, 11) is 4.46. The van der Waals surface area contributed by atoms with Crippen LogP contribution in [0.3, 0.4) is 0 Å². The lowest BCUT2D eigenvalue weighted by molar-refractivity contribution is -0.123. The Bertz CT molecular complexity index is 1400. The molecule has 3 aromatic rings. The predicted octanol–water partition coefficient (Wildman–Crippen LogP) is 3.06. The second kappa shape index (κ2) is 13.4. The van der Waals surface area contributed by atoms with Crippen molar-refractivity contribution in [1.29, 1.82) is 0 Å². The number of anilines is 1. The monoisotopic (exact) mass is 536 g/mol. The van der Waals surface area contributed by atoms with Gasteiger partial charge >= 0.3 is 6.09 Å². The molecule has 0 fully saturated rings. The van der Waals surface area contributed by atoms with Gasteiger partial charge in [-0.15, -0.1) is 0 Å². The first-order chi connectivity index (χ1) is 18.6. The summed E-state index contributed by atoms with van der Waals surface area (Å²) >= 11 is 0. The van der Waals surface area contributed by atoms with Crippen LogP contribution in [0.25, 0.3) is 10.9 Å². The first-order valence-electron chi connectivity index (χ1n) is 12.8. The largest absolute Gasteiger partial charge is 0.453 e. The van der Waals surface area contributed by atoms with Gasteiger partial charge in [-0.2, -0.15) is 0 Å². The number of hydrogen-bond acceptors (Lipinski definition) is 6. The Morgan fingerprint density at radius 1 is 1.23 bits per heavy atom. The lowest BCUT2D eigenvalue weighted by Gasteiger charge is -2.17. The molecule has 0 aliphatic carbocycles. The van der Waals surface area contributed by atoms with E-state index in [1.165, 1.54) is 28.7 Å². The number of carbonyl (C=O) groups excluding carboxylic acids is 3. The Labute approximate surface area is 227 Å². The molecule has 0 spiro atoms. The van der Waals surface area contributed by atoms with E-state index >= 15 is 0 Å². The van der Waals surface area contributed by atoms with Crippen molar-refractivity contribution in [2.75, 3.05) is 26.5 Å². The predicted molar refractivity (Wildman–Crippen MR) is 149 cm³/mol. The Kier molecular flexibility index (Phi) is 10.0. The number of likely N-dealkylation sites (N-methyl/N-ethyl adjacent to an activating group) is 1. The summed E-state index contributed by atoms with van der Waals surface area (Å²) in [6.07, 6.45) is 7.05. The van der Waals surface area contributed by atoms with E-state index in [2.05, 4.69) is 39.2 Å². The normalized spacial score (nSPS) is 12.1. The van der Waals surface area contributed by atoms with Crippen LogP contribution >= 0.6 is 0 Å². The Morgan fingerprint density at radius 3 is 2.69 bits per heavy atom. The maximum absolute atomic E-state index is 13.2. The molecule has 0 saturated carbocycles. The maximum atomic E-state index is 13.2. The zero-order valence-electron chi connectivity index (χ0n) is 23.0. The summed E-state index contributed by atoms with van der Waals surface area (Å²) in [5, 5.41) is 6.13. The summed E-state index contributed by atoms with van der Waals surface area (Å²) < 4.78 is 6.13. The van der Waals surface area contributed by atoms with E-state index in [0.717, 1.165) is 28.7 Å². The lowest BCUT2D eigenvalue weighted by atomic mass is 10.1. The van der Waals surface area contributed by atoms with Crippen molar-refractivity contribution >= 4 is 34.5 Å².